The zero-order valence-corrected chi connectivity index (χ0v) is 18.7. The van der Waals surface area contributed by atoms with Crippen LogP contribution in [0.1, 0.15) is 44.6 Å². The standard InChI is InChI=1S/C24H36N6O/c1-20(5-17-30-12-3-11-27-30)28-15-8-23(9-16-28)29-13-6-22(7-14-29)24(31)26-19-21-4-2-10-25-18-21/h2-4,10-12,18,20,22-23H,5-9,13-17,19H2,1H3,(H,26,31)/t20-/m1/s1. The van der Waals surface area contributed by atoms with Crippen molar-refractivity contribution in [2.24, 2.45) is 5.92 Å². The van der Waals surface area contributed by atoms with Crippen molar-refractivity contribution < 1.29 is 4.79 Å². The fraction of sp³-hybridized carbons (Fsp3) is 0.625. The van der Waals surface area contributed by atoms with Gasteiger partial charge < -0.3 is 15.1 Å². The van der Waals surface area contributed by atoms with Crippen molar-refractivity contribution >= 4 is 5.91 Å². The van der Waals surface area contributed by atoms with Crippen LogP contribution in [0.2, 0.25) is 0 Å². The van der Waals surface area contributed by atoms with Gasteiger partial charge in [0.25, 0.3) is 0 Å². The van der Waals surface area contributed by atoms with Crippen molar-refractivity contribution in [3.8, 4) is 0 Å². The van der Waals surface area contributed by atoms with E-state index >= 15 is 0 Å². The van der Waals surface area contributed by atoms with Gasteiger partial charge in [-0.3, -0.25) is 14.5 Å². The molecule has 1 amide bonds. The highest BCUT2D eigenvalue weighted by Gasteiger charge is 2.31. The molecule has 4 heterocycles. The molecule has 168 valence electrons. The Bertz CT molecular complexity index is 780. The Balaban J connectivity index is 1.14. The van der Waals surface area contributed by atoms with Gasteiger partial charge in [0.1, 0.15) is 0 Å². The van der Waals surface area contributed by atoms with Gasteiger partial charge in [-0.15, -0.1) is 0 Å². The predicted octanol–water partition coefficient (Wildman–Crippen LogP) is 2.55. The summed E-state index contributed by atoms with van der Waals surface area (Å²) in [5, 5.41) is 7.41. The lowest BCUT2D eigenvalue weighted by Crippen LogP contribution is -2.50. The Labute approximate surface area is 185 Å². The highest BCUT2D eigenvalue weighted by atomic mass is 16.1. The summed E-state index contributed by atoms with van der Waals surface area (Å²) in [6, 6.07) is 7.17. The van der Waals surface area contributed by atoms with Crippen LogP contribution in [0.4, 0.5) is 0 Å². The fourth-order valence-corrected chi connectivity index (χ4v) is 4.99. The van der Waals surface area contributed by atoms with Gasteiger partial charge >= 0.3 is 0 Å². The van der Waals surface area contributed by atoms with E-state index in [0.717, 1.165) is 44.5 Å². The lowest BCUT2D eigenvalue weighted by Gasteiger charge is -2.43. The van der Waals surface area contributed by atoms with Crippen LogP contribution in [0.25, 0.3) is 0 Å². The number of amides is 1. The molecule has 7 nitrogen and oxygen atoms in total. The summed E-state index contributed by atoms with van der Waals surface area (Å²) >= 11 is 0. The summed E-state index contributed by atoms with van der Waals surface area (Å²) < 4.78 is 2.03. The second-order valence-corrected chi connectivity index (χ2v) is 9.06. The molecule has 2 aromatic rings. The van der Waals surface area contributed by atoms with Crippen molar-refractivity contribution in [1.82, 2.24) is 29.9 Å². The largest absolute Gasteiger partial charge is 0.352 e. The van der Waals surface area contributed by atoms with E-state index in [4.69, 9.17) is 0 Å². The van der Waals surface area contributed by atoms with Gasteiger partial charge in [-0.1, -0.05) is 6.07 Å². The summed E-state index contributed by atoms with van der Waals surface area (Å²) in [4.78, 5) is 21.9. The number of likely N-dealkylation sites (tertiary alicyclic amines) is 2. The number of nitrogens with zero attached hydrogens (tertiary/aromatic N) is 5. The van der Waals surface area contributed by atoms with E-state index in [2.05, 4.69) is 32.1 Å². The van der Waals surface area contributed by atoms with Crippen molar-refractivity contribution in [2.75, 3.05) is 26.2 Å². The van der Waals surface area contributed by atoms with Crippen molar-refractivity contribution in [3.05, 3.63) is 48.5 Å². The van der Waals surface area contributed by atoms with Gasteiger partial charge in [0, 0.05) is 55.9 Å². The molecule has 0 bridgehead atoms. The van der Waals surface area contributed by atoms with Gasteiger partial charge in [0.2, 0.25) is 5.91 Å². The third kappa shape index (κ3) is 6.14. The van der Waals surface area contributed by atoms with Crippen LogP contribution in [0.15, 0.2) is 43.0 Å². The number of nitrogens with one attached hydrogen (secondary N) is 1. The summed E-state index contributed by atoms with van der Waals surface area (Å²) in [5.41, 5.74) is 1.05. The van der Waals surface area contributed by atoms with E-state index < -0.39 is 0 Å². The van der Waals surface area contributed by atoms with Gasteiger partial charge in [-0.2, -0.15) is 5.10 Å². The maximum absolute atomic E-state index is 12.6. The maximum atomic E-state index is 12.6. The molecular formula is C24H36N6O. The first-order chi connectivity index (χ1) is 15.2. The molecule has 0 aliphatic carbocycles. The Morgan fingerprint density at radius 2 is 1.94 bits per heavy atom. The summed E-state index contributed by atoms with van der Waals surface area (Å²) in [7, 11) is 0. The van der Waals surface area contributed by atoms with Gasteiger partial charge in [0.15, 0.2) is 0 Å². The number of hydrogen-bond acceptors (Lipinski definition) is 5. The molecule has 0 unspecified atom stereocenters. The number of carbonyl (C=O) groups excluding carboxylic acids is 1. The minimum absolute atomic E-state index is 0.148. The summed E-state index contributed by atoms with van der Waals surface area (Å²) in [6.07, 6.45) is 13.0. The number of rotatable bonds is 8. The average molecular weight is 425 g/mol. The van der Waals surface area contributed by atoms with Crippen LogP contribution in [0, 0.1) is 5.92 Å². The zero-order valence-electron chi connectivity index (χ0n) is 18.7. The van der Waals surface area contributed by atoms with Gasteiger partial charge in [-0.25, -0.2) is 0 Å². The van der Waals surface area contributed by atoms with Crippen LogP contribution in [-0.4, -0.2) is 68.7 Å². The third-order valence-corrected chi connectivity index (χ3v) is 7.06. The Morgan fingerprint density at radius 3 is 2.61 bits per heavy atom. The molecule has 2 saturated heterocycles. The quantitative estimate of drug-likeness (QED) is 0.706. The zero-order chi connectivity index (χ0) is 21.5. The molecule has 2 aliphatic heterocycles. The highest BCUT2D eigenvalue weighted by Crippen LogP contribution is 2.25. The molecule has 0 radical (unpaired) electrons. The van der Waals surface area contributed by atoms with Crippen LogP contribution in [-0.2, 0) is 17.9 Å². The number of aromatic nitrogens is 3. The molecule has 0 spiro atoms. The number of carbonyl (C=O) groups is 1. The molecule has 31 heavy (non-hydrogen) atoms. The smallest absolute Gasteiger partial charge is 0.223 e. The molecule has 1 N–H and O–H groups in total. The lowest BCUT2D eigenvalue weighted by molar-refractivity contribution is -0.126. The SMILES string of the molecule is C[C@H](CCn1cccn1)N1CCC(N2CCC(C(=O)NCc3cccnc3)CC2)CC1. The van der Waals surface area contributed by atoms with Gasteiger partial charge in [-0.05, 0) is 82.9 Å². The maximum Gasteiger partial charge on any atom is 0.223 e. The Hall–Kier alpha value is -2.25. The van der Waals surface area contributed by atoms with Crippen molar-refractivity contribution in [3.63, 3.8) is 0 Å². The van der Waals surface area contributed by atoms with Crippen molar-refractivity contribution in [2.45, 2.75) is 64.2 Å². The first-order valence-electron chi connectivity index (χ1n) is 11.8. The van der Waals surface area contributed by atoms with Crippen LogP contribution in [0.3, 0.4) is 0 Å². The van der Waals surface area contributed by atoms with Crippen LogP contribution in [0.5, 0.6) is 0 Å². The molecule has 1 atom stereocenters. The molecule has 4 rings (SSSR count). The highest BCUT2D eigenvalue weighted by molar-refractivity contribution is 5.78. The van der Waals surface area contributed by atoms with Crippen LogP contribution < -0.4 is 5.32 Å². The van der Waals surface area contributed by atoms with E-state index in [0.29, 0.717) is 18.6 Å². The molecule has 7 heteroatoms. The van der Waals surface area contributed by atoms with Crippen LogP contribution >= 0.6 is 0 Å². The molecule has 0 saturated carbocycles. The molecular weight excluding hydrogens is 388 g/mol. The van der Waals surface area contributed by atoms with E-state index in [1.54, 1.807) is 6.20 Å². The second kappa shape index (κ2) is 10.9. The van der Waals surface area contributed by atoms with Gasteiger partial charge in [0.05, 0.1) is 0 Å². The number of piperidine rings is 2. The van der Waals surface area contributed by atoms with Crippen molar-refractivity contribution in [1.29, 1.82) is 0 Å². The fourth-order valence-electron chi connectivity index (χ4n) is 4.99. The number of aryl methyl sites for hydroxylation is 1. The number of pyridine rings is 1. The molecule has 2 aliphatic rings. The Morgan fingerprint density at radius 1 is 1.13 bits per heavy atom. The second-order valence-electron chi connectivity index (χ2n) is 9.06. The summed E-state index contributed by atoms with van der Waals surface area (Å²) in [5.74, 6) is 0.347. The normalized spacial score (nSPS) is 20.5. The van der Waals surface area contributed by atoms with E-state index in [1.807, 2.05) is 41.5 Å². The van der Waals surface area contributed by atoms with E-state index in [9.17, 15) is 4.79 Å². The van der Waals surface area contributed by atoms with E-state index in [1.165, 1.54) is 25.9 Å². The lowest BCUT2D eigenvalue weighted by atomic mass is 9.92. The average Bonchev–Trinajstić information content (AvgIpc) is 3.36. The third-order valence-electron chi connectivity index (χ3n) is 7.06. The molecule has 2 aromatic heterocycles. The first-order valence-corrected chi connectivity index (χ1v) is 11.8. The van der Waals surface area contributed by atoms with E-state index in [-0.39, 0.29) is 11.8 Å². The minimum atomic E-state index is 0.148. The Kier molecular flexibility index (Phi) is 7.70. The molecule has 0 aromatic carbocycles. The number of hydrogen-bond donors (Lipinski definition) is 1. The summed E-state index contributed by atoms with van der Waals surface area (Å²) in [6.45, 7) is 8.36. The monoisotopic (exact) mass is 424 g/mol. The minimum Gasteiger partial charge on any atom is -0.352 e. The molecule has 2 fully saturated rings. The first kappa shape index (κ1) is 22.0. The predicted molar refractivity (Wildman–Crippen MR) is 121 cm³/mol. The topological polar surface area (TPSA) is 66.3 Å².